The van der Waals surface area contributed by atoms with Gasteiger partial charge >= 0.3 is 17.6 Å². The number of carbonyl (C=O) groups excluding carboxylic acids is 1. The Hall–Kier alpha value is -4.01. The van der Waals surface area contributed by atoms with Gasteiger partial charge in [-0.25, -0.2) is 13.8 Å². The fourth-order valence-corrected chi connectivity index (χ4v) is 3.37. The molecule has 0 fully saturated rings. The van der Waals surface area contributed by atoms with Gasteiger partial charge in [-0.15, -0.1) is 0 Å². The van der Waals surface area contributed by atoms with Gasteiger partial charge in [0, 0.05) is 23.7 Å². The summed E-state index contributed by atoms with van der Waals surface area (Å²) in [5.74, 6) is -2.67. The van der Waals surface area contributed by atoms with Crippen LogP contribution >= 0.6 is 15.9 Å². The molecule has 0 spiro atoms. The van der Waals surface area contributed by atoms with Crippen molar-refractivity contribution < 1.29 is 36.8 Å². The number of ether oxygens (including phenoxy) is 2. The first-order valence-electron chi connectivity index (χ1n) is 9.69. The van der Waals surface area contributed by atoms with Crippen molar-refractivity contribution in [1.29, 1.82) is 0 Å². The van der Waals surface area contributed by atoms with Gasteiger partial charge in [-0.05, 0) is 25.1 Å². The van der Waals surface area contributed by atoms with E-state index in [0.29, 0.717) is 16.6 Å². The van der Waals surface area contributed by atoms with E-state index in [1.807, 2.05) is 0 Å². The highest BCUT2D eigenvalue weighted by atomic mass is 79.9. The Labute approximate surface area is 206 Å². The van der Waals surface area contributed by atoms with Crippen LogP contribution in [-0.4, -0.2) is 26.4 Å². The monoisotopic (exact) mass is 575 g/mol. The molecule has 0 N–H and O–H groups in total. The molecular weight excluding hydrogens is 562 g/mol. The van der Waals surface area contributed by atoms with Crippen molar-refractivity contribution in [3.05, 3.63) is 83.3 Å². The number of nitro benzene ring substituents is 1. The number of hydrogen-bond donors (Lipinski definition) is 0. The van der Waals surface area contributed by atoms with Crippen LogP contribution in [-0.2, 0) is 18.0 Å². The quantitative estimate of drug-likeness (QED) is 0.236. The van der Waals surface area contributed by atoms with Gasteiger partial charge in [0.25, 0.3) is 5.56 Å². The fraction of sp³-hybridized carbons (Fsp3) is 0.190. The lowest BCUT2D eigenvalue weighted by molar-refractivity contribution is -0.385. The van der Waals surface area contributed by atoms with E-state index in [9.17, 15) is 42.1 Å². The molecule has 1 aromatic heterocycles. The summed E-state index contributed by atoms with van der Waals surface area (Å²) in [4.78, 5) is 46.8. The van der Waals surface area contributed by atoms with Gasteiger partial charge < -0.3 is 9.47 Å². The summed E-state index contributed by atoms with van der Waals surface area (Å²) >= 11 is 3.17. The second kappa shape index (κ2) is 9.93. The smallest absolute Gasteiger partial charge is 0.431 e. The number of nitrogens with zero attached hydrogens (tertiary/aromatic N) is 3. The molecule has 36 heavy (non-hydrogen) atoms. The maximum absolute atomic E-state index is 14.8. The van der Waals surface area contributed by atoms with Gasteiger partial charge in [0.2, 0.25) is 5.75 Å². The molecule has 0 unspecified atom stereocenters. The van der Waals surface area contributed by atoms with Gasteiger partial charge in [0.1, 0.15) is 12.3 Å². The molecule has 1 heterocycles. The van der Waals surface area contributed by atoms with Gasteiger partial charge in [0.15, 0.2) is 23.1 Å². The number of rotatable bonds is 7. The Balaban J connectivity index is 2.23. The van der Waals surface area contributed by atoms with Crippen LogP contribution in [0.5, 0.6) is 17.2 Å². The SMILES string of the molecule is CC(=O)COc1ccc(Br)cc1Oc1cc(-n2c(=O)cc(C(F)(F)F)n(C)c2=O)c(F)cc1[N+](=O)[O-]. The summed E-state index contributed by atoms with van der Waals surface area (Å²) in [7, 11) is 0.724. The molecule has 0 saturated carbocycles. The lowest BCUT2D eigenvalue weighted by atomic mass is 10.2. The maximum atomic E-state index is 14.8. The highest BCUT2D eigenvalue weighted by Gasteiger charge is 2.35. The Bertz CT molecular complexity index is 1500. The van der Waals surface area contributed by atoms with E-state index < -0.39 is 51.0 Å². The number of Topliss-reactive ketones (excluding diaryl/α,β-unsaturated/α-hetero) is 1. The predicted octanol–water partition coefficient (Wildman–Crippen LogP) is 4.12. The third-order valence-electron chi connectivity index (χ3n) is 4.63. The van der Waals surface area contributed by atoms with Crippen LogP contribution < -0.4 is 20.7 Å². The van der Waals surface area contributed by atoms with Crippen LogP contribution in [0.3, 0.4) is 0 Å². The molecule has 0 amide bonds. The molecule has 2 aromatic carbocycles. The molecule has 0 aliphatic heterocycles. The van der Waals surface area contributed by atoms with Gasteiger partial charge in [-0.1, -0.05) is 15.9 Å². The molecule has 15 heteroatoms. The summed E-state index contributed by atoms with van der Waals surface area (Å²) in [6.45, 7) is 0.879. The van der Waals surface area contributed by atoms with Crippen molar-refractivity contribution in [2.24, 2.45) is 7.05 Å². The van der Waals surface area contributed by atoms with Gasteiger partial charge in [-0.3, -0.25) is 24.3 Å². The fourth-order valence-electron chi connectivity index (χ4n) is 3.03. The second-order valence-corrected chi connectivity index (χ2v) is 8.17. The molecule has 0 radical (unpaired) electrons. The topological polar surface area (TPSA) is 123 Å². The van der Waals surface area contributed by atoms with E-state index >= 15 is 0 Å². The molecule has 0 bridgehead atoms. The highest BCUT2D eigenvalue weighted by Crippen LogP contribution is 2.39. The van der Waals surface area contributed by atoms with E-state index in [0.717, 1.165) is 7.05 Å². The summed E-state index contributed by atoms with van der Waals surface area (Å²) in [5.41, 5.74) is -6.48. The van der Waals surface area contributed by atoms with Crippen LogP contribution in [0, 0.1) is 15.9 Å². The van der Waals surface area contributed by atoms with Crippen molar-refractivity contribution in [1.82, 2.24) is 9.13 Å². The van der Waals surface area contributed by atoms with Crippen LogP contribution in [0.25, 0.3) is 5.69 Å². The Kier molecular flexibility index (Phi) is 7.33. The molecule has 3 aromatic rings. The normalized spacial score (nSPS) is 11.3. The van der Waals surface area contributed by atoms with Crippen LogP contribution in [0.15, 0.2) is 50.5 Å². The van der Waals surface area contributed by atoms with Crippen molar-refractivity contribution in [3.63, 3.8) is 0 Å². The summed E-state index contributed by atoms with van der Waals surface area (Å²) < 4.78 is 65.7. The van der Waals surface area contributed by atoms with Crippen LogP contribution in [0.4, 0.5) is 23.2 Å². The first-order chi connectivity index (χ1) is 16.7. The standard InChI is InChI=1S/C21H14BrF4N3O7/c1-10(30)9-35-15-4-3-11(22)5-17(15)36-16-7-13(12(23)6-14(16)29(33)34)28-19(31)8-18(21(24,25)26)27(2)20(28)32/h3-8H,9H2,1-2H3. The van der Waals surface area contributed by atoms with Crippen molar-refractivity contribution in [2.75, 3.05) is 6.61 Å². The Morgan fingerprint density at radius 3 is 2.36 bits per heavy atom. The minimum absolute atomic E-state index is 0.0313. The molecule has 0 atom stereocenters. The Morgan fingerprint density at radius 2 is 1.78 bits per heavy atom. The minimum atomic E-state index is -5.05. The number of halogens is 5. The van der Waals surface area contributed by atoms with Crippen molar-refractivity contribution >= 4 is 27.4 Å². The lowest BCUT2D eigenvalue weighted by Gasteiger charge is -2.16. The zero-order valence-corrected chi connectivity index (χ0v) is 19.8. The average molecular weight is 576 g/mol. The summed E-state index contributed by atoms with van der Waals surface area (Å²) in [6, 6.07) is 5.25. The number of ketones is 1. The van der Waals surface area contributed by atoms with Gasteiger partial charge in [-0.2, -0.15) is 13.2 Å². The number of aromatic nitrogens is 2. The molecule has 190 valence electrons. The third-order valence-corrected chi connectivity index (χ3v) is 5.13. The number of carbonyl (C=O) groups is 1. The first kappa shape index (κ1) is 26.6. The number of benzene rings is 2. The van der Waals surface area contributed by atoms with Crippen LogP contribution in [0.2, 0.25) is 0 Å². The zero-order valence-electron chi connectivity index (χ0n) is 18.3. The molecule has 0 aliphatic rings. The molecule has 0 aliphatic carbocycles. The van der Waals surface area contributed by atoms with E-state index in [4.69, 9.17) is 9.47 Å². The van der Waals surface area contributed by atoms with Gasteiger partial charge in [0.05, 0.1) is 16.7 Å². The zero-order chi connectivity index (χ0) is 26.9. The number of alkyl halides is 3. The van der Waals surface area contributed by atoms with E-state index in [1.165, 1.54) is 25.1 Å². The minimum Gasteiger partial charge on any atom is -0.482 e. The summed E-state index contributed by atoms with van der Waals surface area (Å²) in [5, 5.41) is 11.5. The largest absolute Gasteiger partial charge is 0.482 e. The van der Waals surface area contributed by atoms with Crippen molar-refractivity contribution in [3.8, 4) is 22.9 Å². The molecule has 10 nitrogen and oxygen atoms in total. The second-order valence-electron chi connectivity index (χ2n) is 7.25. The molecular formula is C21H14BrF4N3O7. The third kappa shape index (κ3) is 5.45. The van der Waals surface area contributed by atoms with Crippen LogP contribution in [0.1, 0.15) is 12.6 Å². The Morgan fingerprint density at radius 1 is 1.11 bits per heavy atom. The molecule has 3 rings (SSSR count). The van der Waals surface area contributed by atoms with E-state index in [-0.39, 0.29) is 39.1 Å². The predicted molar refractivity (Wildman–Crippen MR) is 119 cm³/mol. The number of nitro groups is 1. The van der Waals surface area contributed by atoms with Crippen molar-refractivity contribution in [2.45, 2.75) is 13.1 Å². The van der Waals surface area contributed by atoms with E-state index in [1.54, 1.807) is 0 Å². The number of hydrogen-bond acceptors (Lipinski definition) is 7. The lowest BCUT2D eigenvalue weighted by Crippen LogP contribution is -2.41. The highest BCUT2D eigenvalue weighted by molar-refractivity contribution is 9.10. The van der Waals surface area contributed by atoms with E-state index in [2.05, 4.69) is 15.9 Å². The maximum Gasteiger partial charge on any atom is 0.431 e. The molecule has 0 saturated heterocycles. The summed E-state index contributed by atoms with van der Waals surface area (Å²) in [6.07, 6.45) is -5.05. The average Bonchev–Trinajstić information content (AvgIpc) is 2.76. The first-order valence-corrected chi connectivity index (χ1v) is 10.5.